The van der Waals surface area contributed by atoms with Crippen molar-refractivity contribution in [3.8, 4) is 0 Å². The van der Waals surface area contributed by atoms with Crippen LogP contribution in [0.15, 0.2) is 59.0 Å². The maximum absolute atomic E-state index is 12.5. The fraction of sp³-hybridized carbons (Fsp3) is 0.458. The van der Waals surface area contributed by atoms with Crippen molar-refractivity contribution in [2.45, 2.75) is 40.2 Å². The molecule has 2 heterocycles. The molecule has 3 unspecified atom stereocenters. The van der Waals surface area contributed by atoms with E-state index >= 15 is 0 Å². The molecule has 2 amide bonds. The van der Waals surface area contributed by atoms with Gasteiger partial charge in [-0.3, -0.25) is 14.6 Å². The van der Waals surface area contributed by atoms with Crippen LogP contribution in [0, 0.1) is 23.7 Å². The predicted octanol–water partition coefficient (Wildman–Crippen LogP) is 3.97. The minimum absolute atomic E-state index is 0.0590. The normalized spacial score (nSPS) is 21.2. The maximum atomic E-state index is 12.5. The zero-order valence-electron chi connectivity index (χ0n) is 17.9. The summed E-state index contributed by atoms with van der Waals surface area (Å²) in [6.07, 6.45) is 8.67. The maximum Gasteiger partial charge on any atom is 0.286 e. The molecule has 0 bridgehead atoms. The Kier molecular flexibility index (Phi) is 7.44. The van der Waals surface area contributed by atoms with Gasteiger partial charge >= 0.3 is 0 Å². The standard InChI is InChI=1S/C24H31N3O3/c1-16(2)21-11-19(12-23(28)26-14-18-6-4-8-25-13-18)17(3)10-20(21)15-27-24(29)22-7-5-9-30-22/h4-10,13,16,19-21H,11-12,14-15H2,1-3H3,(H,26,28)(H,27,29). The van der Waals surface area contributed by atoms with Crippen LogP contribution in [-0.2, 0) is 11.3 Å². The van der Waals surface area contributed by atoms with E-state index in [1.165, 1.54) is 11.8 Å². The van der Waals surface area contributed by atoms with E-state index in [1.807, 2.05) is 12.1 Å². The Morgan fingerprint density at radius 2 is 2.07 bits per heavy atom. The second kappa shape index (κ2) is 10.2. The third-order valence-electron chi connectivity index (χ3n) is 5.97. The molecule has 6 nitrogen and oxygen atoms in total. The number of rotatable bonds is 8. The number of hydrogen-bond acceptors (Lipinski definition) is 4. The molecular formula is C24H31N3O3. The molecule has 0 spiro atoms. The number of allylic oxidation sites excluding steroid dienone is 1. The number of carbonyl (C=O) groups excluding carboxylic acids is 2. The van der Waals surface area contributed by atoms with Gasteiger partial charge < -0.3 is 15.1 Å². The summed E-state index contributed by atoms with van der Waals surface area (Å²) in [5, 5.41) is 6.00. The monoisotopic (exact) mass is 409 g/mol. The van der Waals surface area contributed by atoms with Gasteiger partial charge in [0, 0.05) is 31.9 Å². The van der Waals surface area contributed by atoms with Crippen molar-refractivity contribution < 1.29 is 14.0 Å². The highest BCUT2D eigenvalue weighted by molar-refractivity contribution is 5.91. The van der Waals surface area contributed by atoms with Gasteiger partial charge in [0.2, 0.25) is 5.91 Å². The number of carbonyl (C=O) groups is 2. The molecule has 1 aliphatic carbocycles. The predicted molar refractivity (Wildman–Crippen MR) is 115 cm³/mol. The molecule has 3 atom stereocenters. The summed E-state index contributed by atoms with van der Waals surface area (Å²) in [4.78, 5) is 28.8. The number of furan rings is 1. The third kappa shape index (κ3) is 5.81. The average molecular weight is 410 g/mol. The molecule has 2 aromatic rings. The Bertz CT molecular complexity index is 859. The van der Waals surface area contributed by atoms with E-state index < -0.39 is 0 Å². The van der Waals surface area contributed by atoms with Crippen molar-refractivity contribution in [1.82, 2.24) is 15.6 Å². The third-order valence-corrected chi connectivity index (χ3v) is 5.97. The smallest absolute Gasteiger partial charge is 0.286 e. The average Bonchev–Trinajstić information content (AvgIpc) is 3.27. The highest BCUT2D eigenvalue weighted by Gasteiger charge is 2.32. The first kappa shape index (κ1) is 21.8. The van der Waals surface area contributed by atoms with Crippen LogP contribution in [0.1, 0.15) is 49.7 Å². The summed E-state index contributed by atoms with van der Waals surface area (Å²) in [5.74, 6) is 1.54. The van der Waals surface area contributed by atoms with E-state index in [9.17, 15) is 9.59 Å². The largest absolute Gasteiger partial charge is 0.459 e. The van der Waals surface area contributed by atoms with Crippen LogP contribution in [-0.4, -0.2) is 23.3 Å². The van der Waals surface area contributed by atoms with Gasteiger partial charge in [-0.2, -0.15) is 0 Å². The van der Waals surface area contributed by atoms with E-state index in [0.717, 1.165) is 12.0 Å². The summed E-state index contributed by atoms with van der Waals surface area (Å²) in [7, 11) is 0. The van der Waals surface area contributed by atoms with Crippen molar-refractivity contribution in [3.05, 3.63) is 65.9 Å². The SMILES string of the molecule is CC1=CC(CNC(=O)c2ccco2)C(C(C)C)CC1CC(=O)NCc1cccnc1. The van der Waals surface area contributed by atoms with Crippen LogP contribution in [0.5, 0.6) is 0 Å². The Hall–Kier alpha value is -2.89. The van der Waals surface area contributed by atoms with E-state index in [1.54, 1.807) is 24.5 Å². The van der Waals surface area contributed by atoms with Gasteiger partial charge in [0.05, 0.1) is 6.26 Å². The van der Waals surface area contributed by atoms with Gasteiger partial charge in [-0.15, -0.1) is 0 Å². The van der Waals surface area contributed by atoms with Crippen LogP contribution < -0.4 is 10.6 Å². The molecule has 30 heavy (non-hydrogen) atoms. The lowest BCUT2D eigenvalue weighted by Gasteiger charge is -2.37. The number of pyridine rings is 1. The molecule has 0 saturated carbocycles. The lowest BCUT2D eigenvalue weighted by atomic mass is 9.69. The minimum Gasteiger partial charge on any atom is -0.459 e. The summed E-state index contributed by atoms with van der Waals surface area (Å²) in [5.41, 5.74) is 2.22. The molecule has 0 aromatic carbocycles. The van der Waals surface area contributed by atoms with E-state index in [4.69, 9.17) is 4.42 Å². The Labute approximate surface area is 178 Å². The number of nitrogens with one attached hydrogen (secondary N) is 2. The van der Waals surface area contributed by atoms with Gasteiger partial charge in [-0.1, -0.05) is 31.6 Å². The summed E-state index contributed by atoms with van der Waals surface area (Å²) in [6.45, 7) is 7.58. The molecule has 0 aliphatic heterocycles. The Morgan fingerprint density at radius 1 is 1.23 bits per heavy atom. The van der Waals surface area contributed by atoms with Crippen LogP contribution in [0.4, 0.5) is 0 Å². The zero-order valence-corrected chi connectivity index (χ0v) is 17.9. The van der Waals surface area contributed by atoms with Crippen molar-refractivity contribution in [2.75, 3.05) is 6.54 Å². The summed E-state index contributed by atoms with van der Waals surface area (Å²) < 4.78 is 5.17. The van der Waals surface area contributed by atoms with E-state index in [0.29, 0.717) is 37.1 Å². The number of amides is 2. The minimum atomic E-state index is -0.189. The first-order valence-corrected chi connectivity index (χ1v) is 10.6. The van der Waals surface area contributed by atoms with Gasteiger partial charge in [0.25, 0.3) is 5.91 Å². The number of aromatic nitrogens is 1. The van der Waals surface area contributed by atoms with Crippen molar-refractivity contribution in [1.29, 1.82) is 0 Å². The fourth-order valence-electron chi connectivity index (χ4n) is 4.21. The highest BCUT2D eigenvalue weighted by atomic mass is 16.3. The molecule has 0 saturated heterocycles. The van der Waals surface area contributed by atoms with E-state index in [-0.39, 0.29) is 23.7 Å². The first-order chi connectivity index (χ1) is 14.4. The molecule has 0 fully saturated rings. The van der Waals surface area contributed by atoms with Gasteiger partial charge in [0.15, 0.2) is 5.76 Å². The highest BCUT2D eigenvalue weighted by Crippen LogP contribution is 2.38. The second-order valence-corrected chi connectivity index (χ2v) is 8.44. The Balaban J connectivity index is 1.57. The molecule has 3 rings (SSSR count). The zero-order chi connectivity index (χ0) is 21.5. The summed E-state index contributed by atoms with van der Waals surface area (Å²) in [6, 6.07) is 7.20. The molecule has 2 aromatic heterocycles. The molecular weight excluding hydrogens is 378 g/mol. The fourth-order valence-corrected chi connectivity index (χ4v) is 4.21. The topological polar surface area (TPSA) is 84.2 Å². The molecule has 0 radical (unpaired) electrons. The number of hydrogen-bond donors (Lipinski definition) is 2. The Morgan fingerprint density at radius 3 is 2.73 bits per heavy atom. The van der Waals surface area contributed by atoms with Crippen molar-refractivity contribution >= 4 is 11.8 Å². The van der Waals surface area contributed by atoms with Crippen molar-refractivity contribution in [2.24, 2.45) is 23.7 Å². The van der Waals surface area contributed by atoms with Crippen LogP contribution in [0.3, 0.4) is 0 Å². The van der Waals surface area contributed by atoms with E-state index in [2.05, 4.69) is 42.5 Å². The van der Waals surface area contributed by atoms with Gasteiger partial charge in [-0.05, 0) is 60.8 Å². The number of nitrogens with zero attached hydrogens (tertiary/aromatic N) is 1. The molecule has 6 heteroatoms. The summed E-state index contributed by atoms with van der Waals surface area (Å²) >= 11 is 0. The van der Waals surface area contributed by atoms with Crippen LogP contribution in [0.25, 0.3) is 0 Å². The van der Waals surface area contributed by atoms with Gasteiger partial charge in [0.1, 0.15) is 0 Å². The van der Waals surface area contributed by atoms with Crippen molar-refractivity contribution in [3.63, 3.8) is 0 Å². The first-order valence-electron chi connectivity index (χ1n) is 10.6. The lowest BCUT2D eigenvalue weighted by Crippen LogP contribution is -2.37. The molecule has 160 valence electrons. The molecule has 1 aliphatic rings. The van der Waals surface area contributed by atoms with Crippen LogP contribution >= 0.6 is 0 Å². The quantitative estimate of drug-likeness (QED) is 0.646. The van der Waals surface area contributed by atoms with Gasteiger partial charge in [-0.25, -0.2) is 0 Å². The molecule has 2 N–H and O–H groups in total. The second-order valence-electron chi connectivity index (χ2n) is 8.44. The van der Waals surface area contributed by atoms with Crippen LogP contribution in [0.2, 0.25) is 0 Å². The lowest BCUT2D eigenvalue weighted by molar-refractivity contribution is -0.122.